The summed E-state index contributed by atoms with van der Waals surface area (Å²) < 4.78 is 0. The molecule has 1 aliphatic heterocycles. The molecule has 0 radical (unpaired) electrons. The standard InChI is InChI=1S/C8H13NO/c1-8(5-3-7-10)4-2-6-9-8/h3,5,7,9H,2,4,6H2,1H3/b5-3+/t8-/m0/s1. The van der Waals surface area contributed by atoms with Crippen LogP contribution in [0.1, 0.15) is 19.8 Å². The zero-order valence-electron chi connectivity index (χ0n) is 6.26. The predicted octanol–water partition coefficient (Wildman–Crippen LogP) is 0.884. The number of carbonyl (C=O) groups is 1. The van der Waals surface area contributed by atoms with Gasteiger partial charge in [0.15, 0.2) is 0 Å². The van der Waals surface area contributed by atoms with E-state index in [9.17, 15) is 4.79 Å². The fourth-order valence-corrected chi connectivity index (χ4v) is 1.31. The number of hydrogen-bond donors (Lipinski definition) is 1. The van der Waals surface area contributed by atoms with Gasteiger partial charge in [0.25, 0.3) is 0 Å². The van der Waals surface area contributed by atoms with Gasteiger partial charge < -0.3 is 5.32 Å². The number of carbonyl (C=O) groups excluding carboxylic acids is 1. The fourth-order valence-electron chi connectivity index (χ4n) is 1.31. The topological polar surface area (TPSA) is 29.1 Å². The first-order valence-electron chi connectivity index (χ1n) is 3.65. The van der Waals surface area contributed by atoms with Crippen molar-refractivity contribution in [3.63, 3.8) is 0 Å². The SMILES string of the molecule is C[C@@]1(/C=C/C=O)CCCN1. The number of aldehydes is 1. The molecular weight excluding hydrogens is 126 g/mol. The van der Waals surface area contributed by atoms with Gasteiger partial charge in [-0.25, -0.2) is 0 Å². The van der Waals surface area contributed by atoms with Crippen LogP contribution in [0.3, 0.4) is 0 Å². The summed E-state index contributed by atoms with van der Waals surface area (Å²) in [4.78, 5) is 9.99. The summed E-state index contributed by atoms with van der Waals surface area (Å²) in [6.07, 6.45) is 6.67. The van der Waals surface area contributed by atoms with Crippen molar-refractivity contribution in [2.24, 2.45) is 0 Å². The molecule has 0 aromatic carbocycles. The fraction of sp³-hybridized carbons (Fsp3) is 0.625. The molecule has 0 amide bonds. The molecule has 1 rings (SSSR count). The van der Waals surface area contributed by atoms with E-state index in [4.69, 9.17) is 0 Å². The second-order valence-electron chi connectivity index (χ2n) is 2.94. The molecule has 0 aliphatic carbocycles. The van der Waals surface area contributed by atoms with E-state index in [1.165, 1.54) is 6.42 Å². The molecular formula is C8H13NO. The maximum atomic E-state index is 9.99. The van der Waals surface area contributed by atoms with Crippen molar-refractivity contribution in [3.8, 4) is 0 Å². The lowest BCUT2D eigenvalue weighted by atomic mass is 10.0. The van der Waals surface area contributed by atoms with E-state index in [1.54, 1.807) is 6.08 Å². The van der Waals surface area contributed by atoms with Crippen molar-refractivity contribution in [2.45, 2.75) is 25.3 Å². The Morgan fingerprint density at radius 3 is 2.90 bits per heavy atom. The highest BCUT2D eigenvalue weighted by molar-refractivity contribution is 5.65. The van der Waals surface area contributed by atoms with E-state index in [2.05, 4.69) is 12.2 Å². The zero-order valence-corrected chi connectivity index (χ0v) is 6.26. The number of allylic oxidation sites excluding steroid dienone is 1. The Labute approximate surface area is 61.3 Å². The maximum absolute atomic E-state index is 9.99. The highest BCUT2D eigenvalue weighted by atomic mass is 16.1. The van der Waals surface area contributed by atoms with E-state index in [0.29, 0.717) is 0 Å². The first-order chi connectivity index (χ1) is 4.77. The molecule has 0 aromatic rings. The predicted molar refractivity (Wildman–Crippen MR) is 40.8 cm³/mol. The lowest BCUT2D eigenvalue weighted by Crippen LogP contribution is -2.33. The van der Waals surface area contributed by atoms with Gasteiger partial charge in [0.1, 0.15) is 6.29 Å². The minimum absolute atomic E-state index is 0.0842. The van der Waals surface area contributed by atoms with Gasteiger partial charge in [0, 0.05) is 5.54 Å². The minimum Gasteiger partial charge on any atom is -0.308 e. The molecule has 0 saturated carbocycles. The number of rotatable bonds is 2. The van der Waals surface area contributed by atoms with Gasteiger partial charge in [0.2, 0.25) is 0 Å². The van der Waals surface area contributed by atoms with Crippen LogP contribution in [0, 0.1) is 0 Å². The molecule has 1 saturated heterocycles. The monoisotopic (exact) mass is 139 g/mol. The van der Waals surface area contributed by atoms with Crippen LogP contribution >= 0.6 is 0 Å². The minimum atomic E-state index is 0.0842. The first-order valence-corrected chi connectivity index (χ1v) is 3.65. The molecule has 0 aromatic heterocycles. The van der Waals surface area contributed by atoms with Gasteiger partial charge in [0.05, 0.1) is 0 Å². The smallest absolute Gasteiger partial charge is 0.142 e. The molecule has 56 valence electrons. The molecule has 0 spiro atoms. The third-order valence-electron chi connectivity index (χ3n) is 1.94. The molecule has 1 heterocycles. The van der Waals surface area contributed by atoms with Crippen molar-refractivity contribution in [1.82, 2.24) is 5.32 Å². The average molecular weight is 139 g/mol. The molecule has 2 heteroatoms. The summed E-state index contributed by atoms with van der Waals surface area (Å²) >= 11 is 0. The molecule has 1 aliphatic rings. The maximum Gasteiger partial charge on any atom is 0.142 e. The Bertz CT molecular complexity index is 145. The summed E-state index contributed by atoms with van der Waals surface area (Å²) in [5, 5.41) is 3.32. The molecule has 1 atom stereocenters. The van der Waals surface area contributed by atoms with Crippen molar-refractivity contribution >= 4 is 6.29 Å². The van der Waals surface area contributed by atoms with Gasteiger partial charge in [-0.2, -0.15) is 0 Å². The van der Waals surface area contributed by atoms with Crippen LogP contribution in [-0.4, -0.2) is 18.4 Å². The zero-order chi connectivity index (χ0) is 7.45. The normalized spacial score (nSPS) is 33.3. The Morgan fingerprint density at radius 2 is 2.40 bits per heavy atom. The van der Waals surface area contributed by atoms with Gasteiger partial charge in [-0.3, -0.25) is 4.79 Å². The quantitative estimate of drug-likeness (QED) is 0.454. The third-order valence-corrected chi connectivity index (χ3v) is 1.94. The highest BCUT2D eigenvalue weighted by Crippen LogP contribution is 2.18. The lowest BCUT2D eigenvalue weighted by Gasteiger charge is -2.18. The summed E-state index contributed by atoms with van der Waals surface area (Å²) in [6.45, 7) is 3.18. The number of hydrogen-bond acceptors (Lipinski definition) is 2. The Kier molecular flexibility index (Phi) is 2.22. The van der Waals surface area contributed by atoms with Crippen LogP contribution in [0.15, 0.2) is 12.2 Å². The highest BCUT2D eigenvalue weighted by Gasteiger charge is 2.23. The molecule has 0 bridgehead atoms. The first kappa shape index (κ1) is 7.48. The van der Waals surface area contributed by atoms with Crippen LogP contribution < -0.4 is 5.32 Å². The van der Waals surface area contributed by atoms with Crippen LogP contribution in [0.4, 0.5) is 0 Å². The van der Waals surface area contributed by atoms with Crippen molar-refractivity contribution in [1.29, 1.82) is 0 Å². The van der Waals surface area contributed by atoms with Crippen LogP contribution in [0.5, 0.6) is 0 Å². The van der Waals surface area contributed by atoms with Gasteiger partial charge >= 0.3 is 0 Å². The summed E-state index contributed by atoms with van der Waals surface area (Å²) in [6, 6.07) is 0. The van der Waals surface area contributed by atoms with Crippen molar-refractivity contribution in [3.05, 3.63) is 12.2 Å². The molecule has 1 fully saturated rings. The van der Waals surface area contributed by atoms with Crippen molar-refractivity contribution in [2.75, 3.05) is 6.54 Å². The van der Waals surface area contributed by atoms with Crippen LogP contribution in [0.2, 0.25) is 0 Å². The van der Waals surface area contributed by atoms with E-state index in [-0.39, 0.29) is 5.54 Å². The van der Waals surface area contributed by atoms with E-state index < -0.39 is 0 Å². The van der Waals surface area contributed by atoms with E-state index in [0.717, 1.165) is 19.3 Å². The van der Waals surface area contributed by atoms with E-state index in [1.807, 2.05) is 6.08 Å². The molecule has 2 nitrogen and oxygen atoms in total. The lowest BCUT2D eigenvalue weighted by molar-refractivity contribution is -0.104. The van der Waals surface area contributed by atoms with Crippen LogP contribution in [-0.2, 0) is 4.79 Å². The van der Waals surface area contributed by atoms with E-state index >= 15 is 0 Å². The molecule has 1 N–H and O–H groups in total. The molecule has 0 unspecified atom stereocenters. The Morgan fingerprint density at radius 1 is 1.60 bits per heavy atom. The summed E-state index contributed by atoms with van der Waals surface area (Å²) in [5.41, 5.74) is 0.0842. The van der Waals surface area contributed by atoms with Crippen molar-refractivity contribution < 1.29 is 4.79 Å². The van der Waals surface area contributed by atoms with Crippen LogP contribution in [0.25, 0.3) is 0 Å². The Hall–Kier alpha value is -0.630. The largest absolute Gasteiger partial charge is 0.308 e. The third kappa shape index (κ3) is 1.67. The van der Waals surface area contributed by atoms with Gasteiger partial charge in [-0.15, -0.1) is 0 Å². The average Bonchev–Trinajstić information content (AvgIpc) is 2.33. The second-order valence-corrected chi connectivity index (χ2v) is 2.94. The van der Waals surface area contributed by atoms with Gasteiger partial charge in [-0.05, 0) is 32.4 Å². The summed E-state index contributed by atoms with van der Waals surface area (Å²) in [5.74, 6) is 0. The molecule has 10 heavy (non-hydrogen) atoms. The van der Waals surface area contributed by atoms with Gasteiger partial charge in [-0.1, -0.05) is 6.08 Å². The Balaban J connectivity index is 2.50. The summed E-state index contributed by atoms with van der Waals surface area (Å²) in [7, 11) is 0. The second kappa shape index (κ2) is 2.97. The number of nitrogens with one attached hydrogen (secondary N) is 1.